The third kappa shape index (κ3) is 4.71. The molecule has 0 amide bonds. The van der Waals surface area contributed by atoms with Crippen molar-refractivity contribution in [2.75, 3.05) is 4.90 Å². The minimum absolute atomic E-state index is 0.216. The fourth-order valence-corrected chi connectivity index (χ4v) is 12.2. The second kappa shape index (κ2) is 12.2. The van der Waals surface area contributed by atoms with Crippen LogP contribution in [0.25, 0.3) is 53.2 Å². The highest BCUT2D eigenvalue weighted by atomic mass is 32.2. The van der Waals surface area contributed by atoms with Crippen LogP contribution in [0.4, 0.5) is 11.4 Å². The Morgan fingerprint density at radius 2 is 1.27 bits per heavy atom. The van der Waals surface area contributed by atoms with Gasteiger partial charge in [-0.25, -0.2) is 0 Å². The van der Waals surface area contributed by atoms with Crippen molar-refractivity contribution in [1.82, 2.24) is 0 Å². The van der Waals surface area contributed by atoms with E-state index in [1.165, 1.54) is 64.1 Å². The number of thiophene rings is 1. The molecule has 2 aliphatic rings. The molecule has 2 aromatic heterocycles. The summed E-state index contributed by atoms with van der Waals surface area (Å²) in [5.41, 5.74) is 9.67. The fraction of sp³-hybridized carbons (Fsp3) is 0.125. The summed E-state index contributed by atoms with van der Waals surface area (Å²) in [6, 6.07) is 60.8. The number of nitrogens with zero attached hydrogens (tertiary/aromatic N) is 1. The number of anilines is 2. The van der Waals surface area contributed by atoms with Gasteiger partial charge >= 0.3 is 0 Å². The summed E-state index contributed by atoms with van der Waals surface area (Å²) < 4.78 is 9.41. The molecule has 1 fully saturated rings. The van der Waals surface area contributed by atoms with E-state index in [1.807, 2.05) is 11.3 Å². The molecular weight excluding hydrogens is 671 g/mol. The lowest BCUT2D eigenvalue weighted by Gasteiger charge is -2.46. The van der Waals surface area contributed by atoms with Crippen molar-refractivity contribution in [1.29, 1.82) is 0 Å². The molecule has 0 bridgehead atoms. The molecule has 2 nitrogen and oxygen atoms in total. The molecule has 7 aromatic carbocycles. The average Bonchev–Trinajstić information content (AvgIpc) is 3.90. The number of benzene rings is 7. The summed E-state index contributed by atoms with van der Waals surface area (Å²) >= 11 is 4.01. The fourth-order valence-electron chi connectivity index (χ4n) is 9.32. The van der Waals surface area contributed by atoms with E-state index >= 15 is 0 Å². The number of rotatable bonds is 5. The molecule has 11 rings (SSSR count). The Hall–Kier alpha value is -5.29. The molecule has 4 heteroatoms. The monoisotopic (exact) mass is 705 g/mol. The van der Waals surface area contributed by atoms with Crippen molar-refractivity contribution >= 4 is 76.6 Å². The standard InChI is InChI=1S/C48H35NOS2/c1-3-14-30(15-4-1)32-28-39(45-34-18-7-10-22-40(34)50-41(45)29-32)49(37-21-13-25-44-46(37)35-19-8-11-23-42(35)51-44)38-27-26-33(31-16-5-2-6-17-31)48-47(38)36-20-9-12-24-43(36)52-48/h1-25,28-29,33,38,47-48H,26-27H2. The van der Waals surface area contributed by atoms with E-state index in [4.69, 9.17) is 4.42 Å². The Kier molecular flexibility index (Phi) is 7.09. The van der Waals surface area contributed by atoms with Crippen LogP contribution >= 0.6 is 23.1 Å². The van der Waals surface area contributed by atoms with Gasteiger partial charge in [0.1, 0.15) is 11.2 Å². The number of furan rings is 1. The molecule has 1 aliphatic heterocycles. The smallest absolute Gasteiger partial charge is 0.138 e. The van der Waals surface area contributed by atoms with Gasteiger partial charge in [0.2, 0.25) is 0 Å². The van der Waals surface area contributed by atoms with Crippen LogP contribution in [-0.2, 0) is 0 Å². The van der Waals surface area contributed by atoms with Gasteiger partial charge in [-0.05, 0) is 83.5 Å². The van der Waals surface area contributed by atoms with E-state index in [0.717, 1.165) is 29.4 Å². The van der Waals surface area contributed by atoms with Crippen LogP contribution in [0.2, 0.25) is 0 Å². The third-order valence-electron chi connectivity index (χ3n) is 11.5. The van der Waals surface area contributed by atoms with Crippen LogP contribution in [0.3, 0.4) is 0 Å². The van der Waals surface area contributed by atoms with Gasteiger partial charge in [-0.3, -0.25) is 0 Å². The Bertz CT molecular complexity index is 2770. The largest absolute Gasteiger partial charge is 0.456 e. The molecule has 0 saturated heterocycles. The summed E-state index contributed by atoms with van der Waals surface area (Å²) in [5.74, 6) is 0.804. The second-order valence-electron chi connectivity index (χ2n) is 14.3. The van der Waals surface area contributed by atoms with Crippen molar-refractivity contribution in [3.05, 3.63) is 175 Å². The molecule has 52 heavy (non-hydrogen) atoms. The lowest BCUT2D eigenvalue weighted by Crippen LogP contribution is -2.44. The van der Waals surface area contributed by atoms with Crippen LogP contribution in [-0.4, -0.2) is 11.3 Å². The summed E-state index contributed by atoms with van der Waals surface area (Å²) in [6.45, 7) is 0. The SMILES string of the molecule is c1ccc(-c2cc(N(c3cccc4sc5ccccc5c34)C3CCC(c4ccccc4)C4Sc5ccccc5C43)c3c(c2)oc2ccccc23)cc1. The van der Waals surface area contributed by atoms with E-state index < -0.39 is 0 Å². The molecule has 1 saturated carbocycles. The van der Waals surface area contributed by atoms with E-state index in [1.54, 1.807) is 0 Å². The number of hydrogen-bond donors (Lipinski definition) is 0. The summed E-state index contributed by atoms with van der Waals surface area (Å²) in [6.07, 6.45) is 2.20. The molecule has 0 N–H and O–H groups in total. The number of fused-ring (bicyclic) bond motifs is 9. The molecule has 250 valence electrons. The van der Waals surface area contributed by atoms with Gasteiger partial charge in [0.25, 0.3) is 0 Å². The van der Waals surface area contributed by atoms with Gasteiger partial charge in [0.05, 0.1) is 16.8 Å². The summed E-state index contributed by atoms with van der Waals surface area (Å²) in [7, 11) is 0. The van der Waals surface area contributed by atoms with Gasteiger partial charge < -0.3 is 9.32 Å². The van der Waals surface area contributed by atoms with Crippen LogP contribution < -0.4 is 4.90 Å². The molecule has 1 aliphatic carbocycles. The Morgan fingerprint density at radius 3 is 2.15 bits per heavy atom. The van der Waals surface area contributed by atoms with Crippen LogP contribution in [0.15, 0.2) is 173 Å². The third-order valence-corrected chi connectivity index (χ3v) is 14.2. The molecule has 9 aromatic rings. The normalized spacial score (nSPS) is 19.7. The lowest BCUT2D eigenvalue weighted by molar-refractivity contribution is 0.359. The van der Waals surface area contributed by atoms with Crippen molar-refractivity contribution < 1.29 is 4.42 Å². The summed E-state index contributed by atoms with van der Waals surface area (Å²) in [5, 5.41) is 5.44. The first-order valence-corrected chi connectivity index (χ1v) is 20.0. The number of hydrogen-bond acceptors (Lipinski definition) is 4. The summed E-state index contributed by atoms with van der Waals surface area (Å²) in [4.78, 5) is 4.21. The molecule has 0 spiro atoms. The average molecular weight is 706 g/mol. The molecule has 3 heterocycles. The first-order valence-electron chi connectivity index (χ1n) is 18.3. The van der Waals surface area contributed by atoms with Gasteiger partial charge in [-0.1, -0.05) is 121 Å². The van der Waals surface area contributed by atoms with Gasteiger partial charge in [-0.15, -0.1) is 23.1 Å². The quantitative estimate of drug-likeness (QED) is 0.177. The zero-order valence-electron chi connectivity index (χ0n) is 28.5. The highest BCUT2D eigenvalue weighted by Gasteiger charge is 2.49. The number of para-hydroxylation sites is 1. The van der Waals surface area contributed by atoms with E-state index in [0.29, 0.717) is 17.1 Å². The first-order chi connectivity index (χ1) is 25.8. The molecular formula is C48H35NOS2. The van der Waals surface area contributed by atoms with Crippen LogP contribution in [0.5, 0.6) is 0 Å². The topological polar surface area (TPSA) is 16.4 Å². The first kappa shape index (κ1) is 30.3. The van der Waals surface area contributed by atoms with E-state index in [2.05, 4.69) is 180 Å². The number of thioether (sulfide) groups is 1. The molecule has 4 unspecified atom stereocenters. The molecule has 0 radical (unpaired) electrons. The van der Waals surface area contributed by atoms with Gasteiger partial charge in [0, 0.05) is 47.7 Å². The van der Waals surface area contributed by atoms with Crippen LogP contribution in [0.1, 0.15) is 35.8 Å². The minimum Gasteiger partial charge on any atom is -0.456 e. The van der Waals surface area contributed by atoms with Crippen molar-refractivity contribution in [3.8, 4) is 11.1 Å². The minimum atomic E-state index is 0.216. The Morgan fingerprint density at radius 1 is 0.538 bits per heavy atom. The predicted octanol–water partition coefficient (Wildman–Crippen LogP) is 14.0. The van der Waals surface area contributed by atoms with E-state index in [-0.39, 0.29) is 6.04 Å². The van der Waals surface area contributed by atoms with Crippen molar-refractivity contribution in [2.24, 2.45) is 0 Å². The van der Waals surface area contributed by atoms with Gasteiger partial charge in [-0.2, -0.15) is 0 Å². The van der Waals surface area contributed by atoms with Gasteiger partial charge in [0.15, 0.2) is 0 Å². The highest BCUT2D eigenvalue weighted by molar-refractivity contribution is 8.00. The zero-order valence-corrected chi connectivity index (χ0v) is 30.1. The maximum Gasteiger partial charge on any atom is 0.138 e. The van der Waals surface area contributed by atoms with Crippen LogP contribution in [0, 0.1) is 0 Å². The van der Waals surface area contributed by atoms with Crippen molar-refractivity contribution in [3.63, 3.8) is 0 Å². The highest BCUT2D eigenvalue weighted by Crippen LogP contribution is 2.60. The molecule has 4 atom stereocenters. The Labute approximate surface area is 311 Å². The maximum atomic E-state index is 6.76. The lowest BCUT2D eigenvalue weighted by atomic mass is 9.71. The maximum absolute atomic E-state index is 6.76. The van der Waals surface area contributed by atoms with E-state index in [9.17, 15) is 0 Å². The van der Waals surface area contributed by atoms with Crippen molar-refractivity contribution in [2.45, 2.75) is 40.9 Å². The Balaban J connectivity index is 1.23. The zero-order chi connectivity index (χ0) is 34.2. The second-order valence-corrected chi connectivity index (χ2v) is 16.6. The predicted molar refractivity (Wildman–Crippen MR) is 222 cm³/mol.